The van der Waals surface area contributed by atoms with Crippen LogP contribution in [0.4, 0.5) is 5.13 Å². The first-order chi connectivity index (χ1) is 15.1. The van der Waals surface area contributed by atoms with Crippen LogP contribution in [0.5, 0.6) is 0 Å². The molecular formula is C26H19ClN2OS. The number of carbonyl (C=O) groups is 1. The lowest BCUT2D eigenvalue weighted by Crippen LogP contribution is -2.30. The molecule has 5 rings (SSSR count). The van der Waals surface area contributed by atoms with Gasteiger partial charge in [-0.3, -0.25) is 9.69 Å². The van der Waals surface area contributed by atoms with Gasteiger partial charge in [0.05, 0.1) is 21.8 Å². The minimum atomic E-state index is -0.0811. The molecule has 0 aliphatic carbocycles. The zero-order valence-electron chi connectivity index (χ0n) is 16.9. The molecule has 0 saturated carbocycles. The molecule has 0 unspecified atom stereocenters. The van der Waals surface area contributed by atoms with Gasteiger partial charge in [-0.05, 0) is 47.0 Å². The number of rotatable bonds is 4. The van der Waals surface area contributed by atoms with Crippen molar-refractivity contribution in [2.45, 2.75) is 13.5 Å². The Balaban J connectivity index is 1.62. The van der Waals surface area contributed by atoms with Crippen LogP contribution in [-0.2, 0) is 6.54 Å². The normalized spacial score (nSPS) is 11.2. The topological polar surface area (TPSA) is 33.2 Å². The number of amides is 1. The largest absolute Gasteiger partial charge is 0.279 e. The standard InChI is InChI=1S/C26H19ClN2OS/c1-17-11-14-22(27)24-23(17)28-26(31-24)29(16-18-7-3-2-4-8-18)25(30)21-13-12-19-9-5-6-10-20(19)15-21/h2-15H,16H2,1H3. The van der Waals surface area contributed by atoms with E-state index in [0.717, 1.165) is 32.1 Å². The van der Waals surface area contributed by atoms with Crippen molar-refractivity contribution in [2.75, 3.05) is 4.90 Å². The van der Waals surface area contributed by atoms with Crippen LogP contribution < -0.4 is 4.90 Å². The summed E-state index contributed by atoms with van der Waals surface area (Å²) in [4.78, 5) is 20.3. The summed E-state index contributed by atoms with van der Waals surface area (Å²) >= 11 is 7.89. The van der Waals surface area contributed by atoms with Gasteiger partial charge in [0.2, 0.25) is 0 Å². The average Bonchev–Trinajstić information content (AvgIpc) is 3.26. The number of thiazole rings is 1. The Hall–Kier alpha value is -3.21. The van der Waals surface area contributed by atoms with Crippen molar-refractivity contribution in [2.24, 2.45) is 0 Å². The smallest absolute Gasteiger partial charge is 0.260 e. The highest BCUT2D eigenvalue weighted by molar-refractivity contribution is 7.23. The second kappa shape index (κ2) is 8.14. The van der Waals surface area contributed by atoms with Crippen LogP contribution in [0, 0.1) is 6.92 Å². The molecular weight excluding hydrogens is 424 g/mol. The summed E-state index contributed by atoms with van der Waals surface area (Å²) in [5.41, 5.74) is 3.56. The van der Waals surface area contributed by atoms with E-state index in [1.54, 1.807) is 4.90 Å². The molecule has 5 aromatic rings. The molecule has 1 amide bonds. The minimum Gasteiger partial charge on any atom is -0.279 e. The van der Waals surface area contributed by atoms with Crippen molar-refractivity contribution < 1.29 is 4.79 Å². The first-order valence-electron chi connectivity index (χ1n) is 10.0. The Bertz CT molecular complexity index is 1370. The second-order valence-electron chi connectivity index (χ2n) is 7.48. The number of fused-ring (bicyclic) bond motifs is 2. The molecule has 0 N–H and O–H groups in total. The lowest BCUT2D eigenvalue weighted by Gasteiger charge is -2.20. The fourth-order valence-corrected chi connectivity index (χ4v) is 4.99. The van der Waals surface area contributed by atoms with Crippen LogP contribution in [0.25, 0.3) is 21.0 Å². The quantitative estimate of drug-likeness (QED) is 0.293. The van der Waals surface area contributed by atoms with Gasteiger partial charge in [0.1, 0.15) is 0 Å². The number of hydrogen-bond donors (Lipinski definition) is 0. The van der Waals surface area contributed by atoms with Gasteiger partial charge in [-0.1, -0.05) is 89.7 Å². The maximum Gasteiger partial charge on any atom is 0.260 e. The van der Waals surface area contributed by atoms with Crippen LogP contribution in [0.3, 0.4) is 0 Å². The molecule has 0 fully saturated rings. The number of aryl methyl sites for hydroxylation is 1. The first-order valence-corrected chi connectivity index (χ1v) is 11.2. The Morgan fingerprint density at radius 3 is 2.45 bits per heavy atom. The minimum absolute atomic E-state index is 0.0811. The maximum absolute atomic E-state index is 13.7. The SMILES string of the molecule is Cc1ccc(Cl)c2sc(N(Cc3ccccc3)C(=O)c3ccc4ccccc4c3)nc12. The summed E-state index contributed by atoms with van der Waals surface area (Å²) in [6.45, 7) is 2.44. The Kier molecular flexibility index (Phi) is 5.18. The lowest BCUT2D eigenvalue weighted by atomic mass is 10.1. The second-order valence-corrected chi connectivity index (χ2v) is 8.86. The van der Waals surface area contributed by atoms with Gasteiger partial charge in [-0.25, -0.2) is 4.98 Å². The average molecular weight is 443 g/mol. The molecule has 1 heterocycles. The highest BCUT2D eigenvalue weighted by Gasteiger charge is 2.23. The van der Waals surface area contributed by atoms with E-state index in [9.17, 15) is 4.79 Å². The molecule has 4 aromatic carbocycles. The number of halogens is 1. The van der Waals surface area contributed by atoms with Gasteiger partial charge in [0.15, 0.2) is 5.13 Å². The molecule has 5 heteroatoms. The van der Waals surface area contributed by atoms with E-state index >= 15 is 0 Å². The molecule has 31 heavy (non-hydrogen) atoms. The van der Waals surface area contributed by atoms with Crippen molar-refractivity contribution >= 4 is 55.0 Å². The number of nitrogens with zero attached hydrogens (tertiary/aromatic N) is 2. The molecule has 0 spiro atoms. The molecule has 152 valence electrons. The molecule has 0 atom stereocenters. The molecule has 1 aromatic heterocycles. The van der Waals surface area contributed by atoms with E-state index in [1.807, 2.05) is 91.9 Å². The van der Waals surface area contributed by atoms with E-state index in [-0.39, 0.29) is 5.91 Å². The van der Waals surface area contributed by atoms with Gasteiger partial charge >= 0.3 is 0 Å². The lowest BCUT2D eigenvalue weighted by molar-refractivity contribution is 0.0985. The molecule has 0 aliphatic rings. The fourth-order valence-electron chi connectivity index (χ4n) is 3.68. The fraction of sp³-hybridized carbons (Fsp3) is 0.0769. The first kappa shape index (κ1) is 19.7. The molecule has 0 bridgehead atoms. The summed E-state index contributed by atoms with van der Waals surface area (Å²) < 4.78 is 0.904. The summed E-state index contributed by atoms with van der Waals surface area (Å²) in [6.07, 6.45) is 0. The molecule has 0 saturated heterocycles. The third kappa shape index (κ3) is 3.80. The molecule has 3 nitrogen and oxygen atoms in total. The van der Waals surface area contributed by atoms with Crippen molar-refractivity contribution in [3.63, 3.8) is 0 Å². The van der Waals surface area contributed by atoms with E-state index in [2.05, 4.69) is 0 Å². The Labute approximate surface area is 189 Å². The summed E-state index contributed by atoms with van der Waals surface area (Å²) in [6, 6.07) is 27.7. The van der Waals surface area contributed by atoms with Crippen LogP contribution in [0.15, 0.2) is 84.9 Å². The Morgan fingerprint density at radius 1 is 0.935 bits per heavy atom. The number of benzene rings is 4. The third-order valence-electron chi connectivity index (χ3n) is 5.34. The van der Waals surface area contributed by atoms with Crippen LogP contribution in [0.1, 0.15) is 21.5 Å². The van der Waals surface area contributed by atoms with Crippen molar-refractivity contribution in [1.82, 2.24) is 4.98 Å². The number of hydrogen-bond acceptors (Lipinski definition) is 3. The number of anilines is 1. The van der Waals surface area contributed by atoms with E-state index in [1.165, 1.54) is 11.3 Å². The number of carbonyl (C=O) groups excluding carboxylic acids is 1. The van der Waals surface area contributed by atoms with E-state index in [4.69, 9.17) is 16.6 Å². The van der Waals surface area contributed by atoms with Gasteiger partial charge < -0.3 is 0 Å². The van der Waals surface area contributed by atoms with Crippen LogP contribution >= 0.6 is 22.9 Å². The summed E-state index contributed by atoms with van der Waals surface area (Å²) in [5, 5.41) is 3.45. The summed E-state index contributed by atoms with van der Waals surface area (Å²) in [5.74, 6) is -0.0811. The highest BCUT2D eigenvalue weighted by atomic mass is 35.5. The zero-order chi connectivity index (χ0) is 21.4. The van der Waals surface area contributed by atoms with Gasteiger partial charge in [-0.2, -0.15) is 0 Å². The molecule has 0 radical (unpaired) electrons. The van der Waals surface area contributed by atoms with Crippen molar-refractivity contribution in [1.29, 1.82) is 0 Å². The van der Waals surface area contributed by atoms with Crippen LogP contribution in [-0.4, -0.2) is 10.9 Å². The van der Waals surface area contributed by atoms with E-state index < -0.39 is 0 Å². The van der Waals surface area contributed by atoms with Gasteiger partial charge in [0.25, 0.3) is 5.91 Å². The zero-order valence-corrected chi connectivity index (χ0v) is 18.5. The molecule has 0 aliphatic heterocycles. The number of aromatic nitrogens is 1. The Morgan fingerprint density at radius 2 is 1.68 bits per heavy atom. The van der Waals surface area contributed by atoms with E-state index in [0.29, 0.717) is 22.3 Å². The van der Waals surface area contributed by atoms with Crippen LogP contribution in [0.2, 0.25) is 5.02 Å². The monoisotopic (exact) mass is 442 g/mol. The van der Waals surface area contributed by atoms with Crippen molar-refractivity contribution in [3.05, 3.63) is 107 Å². The predicted octanol–water partition coefficient (Wildman–Crippen LogP) is 7.26. The predicted molar refractivity (Wildman–Crippen MR) is 130 cm³/mol. The maximum atomic E-state index is 13.7. The third-order valence-corrected chi connectivity index (χ3v) is 6.88. The van der Waals surface area contributed by atoms with Crippen molar-refractivity contribution in [3.8, 4) is 0 Å². The van der Waals surface area contributed by atoms with Gasteiger partial charge in [0, 0.05) is 5.56 Å². The highest BCUT2D eigenvalue weighted by Crippen LogP contribution is 2.36. The van der Waals surface area contributed by atoms with Gasteiger partial charge in [-0.15, -0.1) is 0 Å². The summed E-state index contributed by atoms with van der Waals surface area (Å²) in [7, 11) is 0.